The summed E-state index contributed by atoms with van der Waals surface area (Å²) in [5.41, 5.74) is 0.567. The van der Waals surface area contributed by atoms with Gasteiger partial charge in [0.2, 0.25) is 17.7 Å². The summed E-state index contributed by atoms with van der Waals surface area (Å²) in [6.07, 6.45) is 1.47. The number of hydrogen-bond acceptors (Lipinski definition) is 7. The van der Waals surface area contributed by atoms with E-state index in [2.05, 4.69) is 5.32 Å². The number of nitro groups is 1. The Morgan fingerprint density at radius 1 is 1.20 bits per heavy atom. The number of methoxy groups -OCH3 is 1. The number of anilines is 2. The quantitative estimate of drug-likeness (QED) is 0.393. The first-order chi connectivity index (χ1) is 16.7. The van der Waals surface area contributed by atoms with Crippen LogP contribution in [-0.2, 0) is 19.9 Å². The molecule has 35 heavy (non-hydrogen) atoms. The Bertz CT molecular complexity index is 1360. The smallest absolute Gasteiger partial charge is 0.273 e. The second-order valence-electron chi connectivity index (χ2n) is 9.40. The summed E-state index contributed by atoms with van der Waals surface area (Å²) in [4.78, 5) is 55.4. The summed E-state index contributed by atoms with van der Waals surface area (Å²) in [5.74, 6) is -2.95. The van der Waals surface area contributed by atoms with Gasteiger partial charge in [0.15, 0.2) is 0 Å². The standard InChI is InChI=1S/C24H21ClN4O6/c1-11-8-12(25)9-14-20(11)26-23(32)24(14)19-18(16-4-3-7-27(16)24)21(30)28(22(19)31)15-6-5-13(29(33)34)10-17(15)35-2/h5-6,8-10,16,18-19H,3-4,7H2,1-2H3,(H,26,32)/t16-,18+,19-,24-/m0/s1. The van der Waals surface area contributed by atoms with E-state index < -0.39 is 34.1 Å². The van der Waals surface area contributed by atoms with Crippen LogP contribution in [0, 0.1) is 28.9 Å². The fourth-order valence-electron chi connectivity index (χ4n) is 6.64. The molecule has 0 unspecified atom stereocenters. The van der Waals surface area contributed by atoms with Crippen molar-refractivity contribution in [3.05, 3.63) is 56.6 Å². The molecule has 0 aliphatic carbocycles. The highest BCUT2D eigenvalue weighted by Gasteiger charge is 2.75. The Hall–Kier alpha value is -3.50. The van der Waals surface area contributed by atoms with Gasteiger partial charge in [-0.3, -0.25) is 29.4 Å². The number of nitrogens with zero attached hydrogens (tertiary/aromatic N) is 3. The van der Waals surface area contributed by atoms with Gasteiger partial charge in [0, 0.05) is 28.4 Å². The van der Waals surface area contributed by atoms with Crippen LogP contribution in [-0.4, -0.2) is 47.2 Å². The molecule has 2 aromatic rings. The first-order valence-electron chi connectivity index (χ1n) is 11.3. The summed E-state index contributed by atoms with van der Waals surface area (Å²) in [6.45, 7) is 2.42. The largest absolute Gasteiger partial charge is 0.494 e. The molecular formula is C24H21ClN4O6. The number of fused-ring (bicyclic) bond motifs is 7. The van der Waals surface area contributed by atoms with Crippen molar-refractivity contribution in [3.8, 4) is 5.75 Å². The maximum Gasteiger partial charge on any atom is 0.273 e. The first kappa shape index (κ1) is 22.0. The van der Waals surface area contributed by atoms with Gasteiger partial charge >= 0.3 is 0 Å². The average Bonchev–Trinajstić information content (AvgIpc) is 3.52. The topological polar surface area (TPSA) is 122 Å². The third-order valence-corrected chi connectivity index (χ3v) is 8.10. The van der Waals surface area contributed by atoms with Gasteiger partial charge in [-0.2, -0.15) is 0 Å². The molecule has 3 fully saturated rings. The molecule has 4 aliphatic heterocycles. The Morgan fingerprint density at radius 2 is 1.97 bits per heavy atom. The summed E-state index contributed by atoms with van der Waals surface area (Å²) >= 11 is 6.40. The van der Waals surface area contributed by atoms with Crippen LogP contribution in [0.4, 0.5) is 17.1 Å². The molecule has 4 aliphatic rings. The minimum atomic E-state index is -1.35. The summed E-state index contributed by atoms with van der Waals surface area (Å²) in [5, 5.41) is 14.6. The molecule has 1 spiro atoms. The molecule has 0 aromatic heterocycles. The molecule has 0 saturated carbocycles. The number of halogens is 1. The molecule has 11 heteroatoms. The third kappa shape index (κ3) is 2.61. The van der Waals surface area contributed by atoms with Crippen LogP contribution in [0.25, 0.3) is 0 Å². The van der Waals surface area contributed by atoms with E-state index in [0.29, 0.717) is 29.2 Å². The van der Waals surface area contributed by atoms with Crippen molar-refractivity contribution >= 4 is 46.4 Å². The van der Waals surface area contributed by atoms with Crippen LogP contribution in [0.2, 0.25) is 5.02 Å². The zero-order valence-electron chi connectivity index (χ0n) is 18.9. The van der Waals surface area contributed by atoms with Crippen molar-refractivity contribution in [1.29, 1.82) is 0 Å². The fraction of sp³-hybridized carbons (Fsp3) is 0.375. The number of benzene rings is 2. The van der Waals surface area contributed by atoms with Gasteiger partial charge in [-0.05, 0) is 50.1 Å². The fourth-order valence-corrected chi connectivity index (χ4v) is 6.91. The molecule has 10 nitrogen and oxygen atoms in total. The van der Waals surface area contributed by atoms with Crippen molar-refractivity contribution in [1.82, 2.24) is 4.90 Å². The summed E-state index contributed by atoms with van der Waals surface area (Å²) in [6, 6.07) is 6.93. The number of hydrogen-bond donors (Lipinski definition) is 1. The van der Waals surface area contributed by atoms with E-state index in [1.807, 2.05) is 11.8 Å². The molecule has 0 radical (unpaired) electrons. The molecule has 2 aromatic carbocycles. The number of rotatable bonds is 3. The number of carbonyl (C=O) groups is 3. The van der Waals surface area contributed by atoms with Gasteiger partial charge in [0.05, 0.1) is 35.6 Å². The molecule has 4 heterocycles. The van der Waals surface area contributed by atoms with Crippen molar-refractivity contribution in [3.63, 3.8) is 0 Å². The van der Waals surface area contributed by atoms with Gasteiger partial charge in [-0.1, -0.05) is 11.6 Å². The lowest BCUT2D eigenvalue weighted by molar-refractivity contribution is -0.384. The highest BCUT2D eigenvalue weighted by Crippen LogP contribution is 2.61. The van der Waals surface area contributed by atoms with Crippen molar-refractivity contribution in [2.75, 3.05) is 23.9 Å². The second-order valence-corrected chi connectivity index (χ2v) is 9.83. The van der Waals surface area contributed by atoms with Crippen molar-refractivity contribution in [2.45, 2.75) is 31.3 Å². The Kier molecular flexibility index (Phi) is 4.56. The molecule has 4 atom stereocenters. The van der Waals surface area contributed by atoms with E-state index in [0.717, 1.165) is 16.9 Å². The van der Waals surface area contributed by atoms with E-state index in [1.54, 1.807) is 12.1 Å². The number of non-ortho nitro benzene ring substituents is 1. The minimum absolute atomic E-state index is 0.0355. The monoisotopic (exact) mass is 496 g/mol. The van der Waals surface area contributed by atoms with Gasteiger partial charge in [-0.15, -0.1) is 0 Å². The van der Waals surface area contributed by atoms with Crippen LogP contribution >= 0.6 is 11.6 Å². The van der Waals surface area contributed by atoms with Crippen molar-refractivity contribution in [2.24, 2.45) is 11.8 Å². The van der Waals surface area contributed by atoms with Crippen LogP contribution in [0.3, 0.4) is 0 Å². The molecule has 0 bridgehead atoms. The lowest BCUT2D eigenvalue weighted by Gasteiger charge is -2.36. The highest BCUT2D eigenvalue weighted by molar-refractivity contribution is 6.31. The van der Waals surface area contributed by atoms with Gasteiger partial charge in [0.25, 0.3) is 5.69 Å². The molecular weight excluding hydrogens is 476 g/mol. The number of nitro benzene ring substituents is 1. The molecule has 180 valence electrons. The average molecular weight is 497 g/mol. The molecule has 1 N–H and O–H groups in total. The van der Waals surface area contributed by atoms with Crippen LogP contribution in [0.1, 0.15) is 24.0 Å². The first-order valence-corrected chi connectivity index (χ1v) is 11.7. The van der Waals surface area contributed by atoms with Gasteiger partial charge < -0.3 is 10.1 Å². The van der Waals surface area contributed by atoms with Crippen LogP contribution in [0.5, 0.6) is 5.75 Å². The molecule has 6 rings (SSSR count). The number of imide groups is 1. The lowest BCUT2D eigenvalue weighted by atomic mass is 9.75. The van der Waals surface area contributed by atoms with Gasteiger partial charge in [0.1, 0.15) is 11.3 Å². The maximum absolute atomic E-state index is 14.1. The highest BCUT2D eigenvalue weighted by atomic mass is 35.5. The van der Waals surface area contributed by atoms with Crippen LogP contribution < -0.4 is 15.0 Å². The zero-order chi connectivity index (χ0) is 24.8. The van der Waals surface area contributed by atoms with E-state index in [9.17, 15) is 24.5 Å². The summed E-state index contributed by atoms with van der Waals surface area (Å²) in [7, 11) is 1.32. The zero-order valence-corrected chi connectivity index (χ0v) is 19.7. The molecule has 3 saturated heterocycles. The maximum atomic E-state index is 14.1. The number of ether oxygens (including phenoxy) is 1. The van der Waals surface area contributed by atoms with E-state index >= 15 is 0 Å². The number of amides is 3. The number of aryl methyl sites for hydroxylation is 1. The predicted molar refractivity (Wildman–Crippen MR) is 125 cm³/mol. The Balaban J connectivity index is 1.55. The van der Waals surface area contributed by atoms with E-state index in [-0.39, 0.29) is 29.1 Å². The third-order valence-electron chi connectivity index (χ3n) is 7.88. The minimum Gasteiger partial charge on any atom is -0.494 e. The number of carbonyl (C=O) groups excluding carboxylic acids is 3. The Morgan fingerprint density at radius 3 is 2.69 bits per heavy atom. The lowest BCUT2D eigenvalue weighted by Crippen LogP contribution is -2.54. The Labute approximate surface area is 204 Å². The predicted octanol–water partition coefficient (Wildman–Crippen LogP) is 3.00. The molecule has 3 amide bonds. The normalized spacial score (nSPS) is 28.9. The van der Waals surface area contributed by atoms with E-state index in [4.69, 9.17) is 16.3 Å². The second kappa shape index (κ2) is 7.25. The summed E-state index contributed by atoms with van der Waals surface area (Å²) < 4.78 is 5.32. The number of nitrogens with one attached hydrogen (secondary N) is 1. The van der Waals surface area contributed by atoms with Crippen LogP contribution in [0.15, 0.2) is 30.3 Å². The SMILES string of the molecule is COc1cc([N+](=O)[O-])ccc1N1C(=O)[C@H]2[C@@H](C1=O)[C@@]1(C(=O)Nc3c(C)cc(Cl)cc31)N1CCC[C@@H]21. The van der Waals surface area contributed by atoms with Crippen molar-refractivity contribution < 1.29 is 24.0 Å². The van der Waals surface area contributed by atoms with E-state index in [1.165, 1.54) is 25.3 Å². The van der Waals surface area contributed by atoms with Gasteiger partial charge in [-0.25, -0.2) is 4.90 Å².